The Hall–Kier alpha value is -2.45. The largest absolute Gasteiger partial charge is 0.459 e. The molecule has 4 rings (SSSR count). The molecule has 38 heavy (non-hydrogen) atoms. The van der Waals surface area contributed by atoms with Gasteiger partial charge in [-0.25, -0.2) is 9.59 Å². The van der Waals surface area contributed by atoms with Gasteiger partial charge in [0.15, 0.2) is 12.1 Å². The summed E-state index contributed by atoms with van der Waals surface area (Å²) in [7, 11) is 0. The van der Waals surface area contributed by atoms with Crippen LogP contribution in [0.25, 0.3) is 0 Å². The first-order valence-corrected chi connectivity index (χ1v) is 12.4. The van der Waals surface area contributed by atoms with Gasteiger partial charge in [-0.1, -0.05) is 25.3 Å². The van der Waals surface area contributed by atoms with Crippen molar-refractivity contribution in [3.63, 3.8) is 0 Å². The van der Waals surface area contributed by atoms with Crippen LogP contribution in [0, 0.1) is 17.8 Å². The lowest BCUT2D eigenvalue weighted by Gasteiger charge is -2.40. The third-order valence-corrected chi connectivity index (χ3v) is 8.24. The number of esters is 2. The Balaban J connectivity index is 1.58. The maximum Gasteiger partial charge on any atom is 0.345 e. The molecule has 10 unspecified atom stereocenters. The van der Waals surface area contributed by atoms with Crippen molar-refractivity contribution >= 4 is 17.7 Å². The molecule has 4 aliphatic rings. The molecule has 2 aliphatic carbocycles. The molecule has 0 radical (unpaired) electrons. The fourth-order valence-corrected chi connectivity index (χ4v) is 5.73. The summed E-state index contributed by atoms with van der Waals surface area (Å²) in [6.07, 6.45) is -9.55. The molecule has 12 heteroatoms. The van der Waals surface area contributed by atoms with Crippen molar-refractivity contribution in [3.05, 3.63) is 36.5 Å². The van der Waals surface area contributed by atoms with Crippen molar-refractivity contribution in [2.75, 3.05) is 6.61 Å². The van der Waals surface area contributed by atoms with Gasteiger partial charge in [-0.3, -0.25) is 4.79 Å². The van der Waals surface area contributed by atoms with Crippen LogP contribution in [0.15, 0.2) is 36.5 Å². The van der Waals surface area contributed by atoms with Crippen molar-refractivity contribution in [2.24, 2.45) is 17.8 Å². The highest BCUT2D eigenvalue weighted by atomic mass is 16.7. The number of carbonyl (C=O) groups excluding carboxylic acids is 3. The molecule has 0 aromatic carbocycles. The van der Waals surface area contributed by atoms with Crippen molar-refractivity contribution in [1.82, 2.24) is 0 Å². The standard InChI is InChI=1S/C26H34O12/c1-9-6-15(37-25(33)26(5,34)12(4)28)18-11(3)23(32)38-22(18)17-10(2)14(7-13(9)17)35-24-21(31)20(30)19(29)16(8-27)36-24/h13-22,24,27,29-31,34H,1-3,6-8H2,4-5H3/t13-,14?,15?,16?,17-,18?,19?,20?,21?,22?,24?,26?/m1/s1. The zero-order valence-electron chi connectivity index (χ0n) is 21.2. The Morgan fingerprint density at radius 3 is 2.37 bits per heavy atom. The van der Waals surface area contributed by atoms with E-state index in [-0.39, 0.29) is 24.3 Å². The smallest absolute Gasteiger partial charge is 0.345 e. The zero-order valence-corrected chi connectivity index (χ0v) is 21.2. The number of carbonyl (C=O) groups is 3. The van der Waals surface area contributed by atoms with Crippen molar-refractivity contribution in [1.29, 1.82) is 0 Å². The minimum Gasteiger partial charge on any atom is -0.459 e. The fourth-order valence-electron chi connectivity index (χ4n) is 5.73. The molecular formula is C26H34O12. The molecule has 0 aromatic heterocycles. The van der Waals surface area contributed by atoms with Crippen molar-refractivity contribution < 1.29 is 58.9 Å². The summed E-state index contributed by atoms with van der Waals surface area (Å²) >= 11 is 0. The lowest BCUT2D eigenvalue weighted by Crippen LogP contribution is -2.59. The van der Waals surface area contributed by atoms with E-state index < -0.39 is 90.8 Å². The van der Waals surface area contributed by atoms with Crippen LogP contribution < -0.4 is 0 Å². The number of hydrogen-bond donors (Lipinski definition) is 5. The molecular weight excluding hydrogens is 504 g/mol. The first kappa shape index (κ1) is 28.6. The predicted molar refractivity (Wildman–Crippen MR) is 127 cm³/mol. The summed E-state index contributed by atoms with van der Waals surface area (Å²) in [4.78, 5) is 37.0. The van der Waals surface area contributed by atoms with E-state index >= 15 is 0 Å². The second-order valence-corrected chi connectivity index (χ2v) is 10.6. The molecule has 0 aromatic rings. The van der Waals surface area contributed by atoms with Crippen LogP contribution in [0.3, 0.4) is 0 Å². The summed E-state index contributed by atoms with van der Waals surface area (Å²) in [5, 5.41) is 50.3. The van der Waals surface area contributed by atoms with E-state index in [0.717, 1.165) is 13.8 Å². The fraction of sp³-hybridized carbons (Fsp3) is 0.654. The second kappa shape index (κ2) is 10.3. The third-order valence-electron chi connectivity index (χ3n) is 8.24. The number of fused-ring (bicyclic) bond motifs is 3. The number of rotatable bonds is 6. The average molecular weight is 539 g/mol. The van der Waals surface area contributed by atoms with Crippen LogP contribution in [0.1, 0.15) is 26.7 Å². The SMILES string of the molecule is C=C1C(=O)OC2C1C(OC(=O)C(C)(O)C(C)=O)CC(=C)[C@H]1CC(OC3OC(CO)C(O)C(O)C3O)C(=C)[C@@H]21. The van der Waals surface area contributed by atoms with Crippen molar-refractivity contribution in [3.8, 4) is 0 Å². The Kier molecular flexibility index (Phi) is 7.71. The molecule has 12 nitrogen and oxygen atoms in total. The number of Topliss-reactive ketones (excluding diaryl/α,β-unsaturated/α-hetero) is 1. The van der Waals surface area contributed by atoms with Crippen LogP contribution in [-0.2, 0) is 33.3 Å². The highest BCUT2D eigenvalue weighted by molar-refractivity contribution is 6.05. The van der Waals surface area contributed by atoms with E-state index in [0.29, 0.717) is 11.1 Å². The summed E-state index contributed by atoms with van der Waals surface area (Å²) < 4.78 is 22.6. The average Bonchev–Trinajstić information content (AvgIpc) is 3.29. The maximum absolute atomic E-state index is 12.7. The van der Waals surface area contributed by atoms with Crippen LogP contribution in [-0.4, -0.2) is 104 Å². The Morgan fingerprint density at radius 2 is 1.76 bits per heavy atom. The van der Waals surface area contributed by atoms with Crippen LogP contribution in [0.5, 0.6) is 0 Å². The quantitative estimate of drug-likeness (QED) is 0.116. The van der Waals surface area contributed by atoms with Crippen molar-refractivity contribution in [2.45, 2.75) is 81.3 Å². The molecule has 2 heterocycles. The normalized spacial score (nSPS) is 42.6. The topological polar surface area (TPSA) is 189 Å². The predicted octanol–water partition coefficient (Wildman–Crippen LogP) is -1.33. The summed E-state index contributed by atoms with van der Waals surface area (Å²) in [6.45, 7) is 13.6. The Labute approximate surface area is 219 Å². The first-order chi connectivity index (χ1) is 17.7. The molecule has 2 saturated carbocycles. The van der Waals surface area contributed by atoms with Gasteiger partial charge in [0.05, 0.1) is 18.6 Å². The first-order valence-electron chi connectivity index (χ1n) is 12.4. The summed E-state index contributed by atoms with van der Waals surface area (Å²) in [5.41, 5.74) is -1.21. The second-order valence-electron chi connectivity index (χ2n) is 10.6. The van der Waals surface area contributed by atoms with E-state index in [4.69, 9.17) is 18.9 Å². The molecule has 4 fully saturated rings. The zero-order chi connectivity index (χ0) is 28.3. The van der Waals surface area contributed by atoms with Crippen LogP contribution >= 0.6 is 0 Å². The number of hydrogen-bond acceptors (Lipinski definition) is 12. The lowest BCUT2D eigenvalue weighted by molar-refractivity contribution is -0.308. The molecule has 0 bridgehead atoms. The highest BCUT2D eigenvalue weighted by Gasteiger charge is 2.58. The van der Waals surface area contributed by atoms with Gasteiger partial charge in [0, 0.05) is 17.9 Å². The van der Waals surface area contributed by atoms with Gasteiger partial charge in [0.2, 0.25) is 5.60 Å². The molecule has 0 spiro atoms. The molecule has 2 saturated heterocycles. The highest BCUT2D eigenvalue weighted by Crippen LogP contribution is 2.53. The molecule has 0 amide bonds. The van der Waals surface area contributed by atoms with E-state index in [1.807, 2.05) is 0 Å². The minimum atomic E-state index is -2.38. The number of aliphatic hydroxyl groups is 5. The Bertz CT molecular complexity index is 1050. The van der Waals surface area contributed by atoms with Gasteiger partial charge in [-0.2, -0.15) is 0 Å². The van der Waals surface area contributed by atoms with Crippen LogP contribution in [0.4, 0.5) is 0 Å². The van der Waals surface area contributed by atoms with E-state index in [2.05, 4.69) is 19.7 Å². The van der Waals surface area contributed by atoms with E-state index in [1.165, 1.54) is 0 Å². The van der Waals surface area contributed by atoms with Gasteiger partial charge < -0.3 is 44.5 Å². The van der Waals surface area contributed by atoms with Gasteiger partial charge in [-0.15, -0.1) is 0 Å². The van der Waals surface area contributed by atoms with Gasteiger partial charge in [-0.05, 0) is 31.8 Å². The lowest BCUT2D eigenvalue weighted by atomic mass is 9.81. The molecule has 12 atom stereocenters. The maximum atomic E-state index is 12.7. The molecule has 2 aliphatic heterocycles. The van der Waals surface area contributed by atoms with Gasteiger partial charge in [0.25, 0.3) is 0 Å². The third kappa shape index (κ3) is 4.64. The Morgan fingerprint density at radius 1 is 1.11 bits per heavy atom. The number of ether oxygens (including phenoxy) is 4. The number of aliphatic hydroxyl groups excluding tert-OH is 4. The number of ketones is 1. The summed E-state index contributed by atoms with van der Waals surface area (Å²) in [6, 6.07) is 0. The summed E-state index contributed by atoms with van der Waals surface area (Å²) in [5.74, 6) is -4.37. The monoisotopic (exact) mass is 538 g/mol. The van der Waals surface area contributed by atoms with E-state index in [1.54, 1.807) is 0 Å². The minimum absolute atomic E-state index is 0.0646. The molecule has 210 valence electrons. The van der Waals surface area contributed by atoms with Gasteiger partial charge >= 0.3 is 11.9 Å². The molecule has 5 N–H and O–H groups in total. The van der Waals surface area contributed by atoms with Gasteiger partial charge in [0.1, 0.15) is 36.6 Å². The van der Waals surface area contributed by atoms with E-state index in [9.17, 15) is 39.9 Å². The van der Waals surface area contributed by atoms with Crippen LogP contribution in [0.2, 0.25) is 0 Å².